The zero-order chi connectivity index (χ0) is 15.8. The lowest BCUT2D eigenvalue weighted by molar-refractivity contribution is -0.143. The Morgan fingerprint density at radius 3 is 2.64 bits per heavy atom. The van der Waals surface area contributed by atoms with Gasteiger partial charge in [0.2, 0.25) is 0 Å². The van der Waals surface area contributed by atoms with Crippen molar-refractivity contribution in [2.24, 2.45) is 0 Å². The predicted molar refractivity (Wildman–Crippen MR) is 84.7 cm³/mol. The van der Waals surface area contributed by atoms with Gasteiger partial charge in [0.1, 0.15) is 5.76 Å². The molecule has 0 radical (unpaired) electrons. The summed E-state index contributed by atoms with van der Waals surface area (Å²) in [6.45, 7) is 0.0747. The first-order valence-corrected chi connectivity index (χ1v) is 7.33. The summed E-state index contributed by atoms with van der Waals surface area (Å²) in [6.07, 6.45) is 2.67. The lowest BCUT2D eigenvalue weighted by Gasteiger charge is -2.05. The van der Waals surface area contributed by atoms with Gasteiger partial charge in [-0.1, -0.05) is 30.3 Å². The van der Waals surface area contributed by atoms with Crippen LogP contribution in [0.5, 0.6) is 0 Å². The van der Waals surface area contributed by atoms with E-state index in [-0.39, 0.29) is 12.5 Å². The maximum atomic E-state index is 11.6. The maximum absolute atomic E-state index is 11.6. The molecule has 1 N–H and O–H groups in total. The highest BCUT2D eigenvalue weighted by Gasteiger charge is 2.05. The summed E-state index contributed by atoms with van der Waals surface area (Å²) in [4.78, 5) is 23.0. The van der Waals surface area contributed by atoms with Crippen molar-refractivity contribution in [2.75, 3.05) is 6.61 Å². The number of hydrogen-bond donors (Lipinski definition) is 1. The second kappa shape index (κ2) is 8.19. The van der Waals surface area contributed by atoms with Gasteiger partial charge in [-0.25, -0.2) is 4.79 Å². The largest absolute Gasteiger partial charge is 0.452 e. The molecule has 1 aromatic heterocycles. The first-order valence-electron chi connectivity index (χ1n) is 6.54. The molecule has 0 unspecified atom stereocenters. The van der Waals surface area contributed by atoms with E-state index in [1.54, 1.807) is 12.1 Å². The van der Waals surface area contributed by atoms with E-state index in [1.807, 2.05) is 30.3 Å². The summed E-state index contributed by atoms with van der Waals surface area (Å²) >= 11 is 3.16. The molecule has 0 aliphatic rings. The monoisotopic (exact) mass is 363 g/mol. The van der Waals surface area contributed by atoms with E-state index in [4.69, 9.17) is 9.15 Å². The van der Waals surface area contributed by atoms with Crippen LogP contribution in [0.25, 0.3) is 6.08 Å². The molecule has 0 aliphatic carbocycles. The molecule has 6 heteroatoms. The Labute approximate surface area is 136 Å². The molecule has 0 bridgehead atoms. The van der Waals surface area contributed by atoms with Gasteiger partial charge in [-0.2, -0.15) is 0 Å². The van der Waals surface area contributed by atoms with Gasteiger partial charge in [-0.05, 0) is 39.7 Å². The zero-order valence-corrected chi connectivity index (χ0v) is 13.2. The molecule has 114 valence electrons. The van der Waals surface area contributed by atoms with Gasteiger partial charge in [-0.15, -0.1) is 0 Å². The van der Waals surface area contributed by atoms with E-state index in [0.29, 0.717) is 17.0 Å². The SMILES string of the molecule is O=C(COC(=O)/C=C/c1ccc(Br)o1)NCc1ccccc1. The van der Waals surface area contributed by atoms with Crippen molar-refractivity contribution in [1.29, 1.82) is 0 Å². The van der Waals surface area contributed by atoms with Crippen LogP contribution in [0.3, 0.4) is 0 Å². The van der Waals surface area contributed by atoms with Gasteiger partial charge in [0.15, 0.2) is 11.3 Å². The van der Waals surface area contributed by atoms with Crippen molar-refractivity contribution in [3.63, 3.8) is 0 Å². The smallest absolute Gasteiger partial charge is 0.331 e. The van der Waals surface area contributed by atoms with E-state index in [0.717, 1.165) is 5.56 Å². The number of amides is 1. The van der Waals surface area contributed by atoms with Crippen LogP contribution < -0.4 is 5.32 Å². The summed E-state index contributed by atoms with van der Waals surface area (Å²) < 4.78 is 10.6. The molecule has 1 heterocycles. The van der Waals surface area contributed by atoms with Crippen molar-refractivity contribution in [2.45, 2.75) is 6.54 Å². The second-order valence-corrected chi connectivity index (χ2v) is 5.13. The van der Waals surface area contributed by atoms with Gasteiger partial charge in [0, 0.05) is 12.6 Å². The first kappa shape index (κ1) is 16.0. The minimum absolute atomic E-state index is 0.322. The van der Waals surface area contributed by atoms with Gasteiger partial charge in [0.05, 0.1) is 0 Å². The number of carbonyl (C=O) groups excluding carboxylic acids is 2. The Bertz CT molecular complexity index is 664. The first-order chi connectivity index (χ1) is 10.6. The second-order valence-electron chi connectivity index (χ2n) is 4.35. The van der Waals surface area contributed by atoms with Gasteiger partial charge in [-0.3, -0.25) is 4.79 Å². The summed E-state index contributed by atoms with van der Waals surface area (Å²) in [5.74, 6) is -0.453. The Morgan fingerprint density at radius 1 is 1.18 bits per heavy atom. The van der Waals surface area contributed by atoms with Crippen LogP contribution in [0.1, 0.15) is 11.3 Å². The molecule has 0 fully saturated rings. The maximum Gasteiger partial charge on any atom is 0.331 e. The molecule has 22 heavy (non-hydrogen) atoms. The number of furan rings is 1. The fraction of sp³-hybridized carbons (Fsp3) is 0.125. The fourth-order valence-corrected chi connectivity index (χ4v) is 1.92. The highest BCUT2D eigenvalue weighted by molar-refractivity contribution is 9.10. The van der Waals surface area contributed by atoms with Crippen molar-refractivity contribution >= 4 is 33.9 Å². The predicted octanol–water partition coefficient (Wildman–Crippen LogP) is 2.91. The van der Waals surface area contributed by atoms with E-state index in [2.05, 4.69) is 21.2 Å². The third-order valence-corrected chi connectivity index (χ3v) is 3.08. The highest BCUT2D eigenvalue weighted by atomic mass is 79.9. The van der Waals surface area contributed by atoms with E-state index in [9.17, 15) is 9.59 Å². The van der Waals surface area contributed by atoms with Crippen molar-refractivity contribution in [1.82, 2.24) is 5.32 Å². The number of ether oxygens (including phenoxy) is 1. The molecule has 0 atom stereocenters. The molecular formula is C16H14BrNO4. The van der Waals surface area contributed by atoms with Crippen molar-refractivity contribution in [3.05, 3.63) is 64.5 Å². The number of rotatable bonds is 6. The lowest BCUT2D eigenvalue weighted by Crippen LogP contribution is -2.28. The minimum Gasteiger partial charge on any atom is -0.452 e. The van der Waals surface area contributed by atoms with Crippen LogP contribution in [0.4, 0.5) is 0 Å². The molecule has 2 aromatic rings. The molecule has 1 aromatic carbocycles. The third-order valence-electron chi connectivity index (χ3n) is 2.66. The van der Waals surface area contributed by atoms with Crippen LogP contribution in [-0.4, -0.2) is 18.5 Å². The highest BCUT2D eigenvalue weighted by Crippen LogP contribution is 2.14. The van der Waals surface area contributed by atoms with E-state index >= 15 is 0 Å². The van der Waals surface area contributed by atoms with E-state index in [1.165, 1.54) is 12.2 Å². The third kappa shape index (κ3) is 5.57. The van der Waals surface area contributed by atoms with Crippen LogP contribution >= 0.6 is 15.9 Å². The average molecular weight is 364 g/mol. The molecule has 5 nitrogen and oxygen atoms in total. The Balaban J connectivity index is 1.69. The summed E-state index contributed by atoms with van der Waals surface area (Å²) in [5.41, 5.74) is 0.977. The van der Waals surface area contributed by atoms with Crippen LogP contribution in [0, 0.1) is 0 Å². The van der Waals surface area contributed by atoms with Crippen LogP contribution in [0.2, 0.25) is 0 Å². The zero-order valence-electron chi connectivity index (χ0n) is 11.6. The summed E-state index contributed by atoms with van der Waals surface area (Å²) in [5, 5.41) is 2.67. The summed E-state index contributed by atoms with van der Waals surface area (Å²) in [7, 11) is 0. The lowest BCUT2D eigenvalue weighted by atomic mass is 10.2. The van der Waals surface area contributed by atoms with Crippen LogP contribution in [-0.2, 0) is 20.9 Å². The molecule has 2 rings (SSSR count). The Hall–Kier alpha value is -2.34. The number of benzene rings is 1. The standard InChI is InChI=1S/C16H14BrNO4/c17-14-8-6-13(22-14)7-9-16(20)21-11-15(19)18-10-12-4-2-1-3-5-12/h1-9H,10-11H2,(H,18,19)/b9-7+. The van der Waals surface area contributed by atoms with Crippen molar-refractivity contribution in [3.8, 4) is 0 Å². The molecular weight excluding hydrogens is 350 g/mol. The average Bonchev–Trinajstić information content (AvgIpc) is 2.95. The van der Waals surface area contributed by atoms with Gasteiger partial charge >= 0.3 is 5.97 Å². The Kier molecular flexibility index (Phi) is 5.97. The summed E-state index contributed by atoms with van der Waals surface area (Å²) in [6, 6.07) is 12.9. The molecule has 0 saturated carbocycles. The number of hydrogen-bond acceptors (Lipinski definition) is 4. The fourth-order valence-electron chi connectivity index (χ4n) is 1.60. The van der Waals surface area contributed by atoms with Crippen LogP contribution in [0.15, 0.2) is 57.6 Å². The molecule has 0 aliphatic heterocycles. The van der Waals surface area contributed by atoms with Crippen molar-refractivity contribution < 1.29 is 18.7 Å². The van der Waals surface area contributed by atoms with Gasteiger partial charge < -0.3 is 14.5 Å². The topological polar surface area (TPSA) is 68.5 Å². The van der Waals surface area contributed by atoms with Gasteiger partial charge in [0.25, 0.3) is 5.91 Å². The quantitative estimate of drug-likeness (QED) is 0.632. The molecule has 1 amide bonds. The number of carbonyl (C=O) groups is 2. The normalized spacial score (nSPS) is 10.6. The molecule has 0 spiro atoms. The molecule has 0 saturated heterocycles. The number of esters is 1. The number of nitrogens with one attached hydrogen (secondary N) is 1. The van der Waals surface area contributed by atoms with E-state index < -0.39 is 5.97 Å². The minimum atomic E-state index is -0.609. The Morgan fingerprint density at radius 2 is 1.95 bits per heavy atom. The number of halogens is 1.